The highest BCUT2D eigenvalue weighted by molar-refractivity contribution is 7.13. The molecule has 0 spiro atoms. The van der Waals surface area contributed by atoms with E-state index in [2.05, 4.69) is 10.1 Å². The zero-order valence-corrected chi connectivity index (χ0v) is 11.1. The summed E-state index contributed by atoms with van der Waals surface area (Å²) in [5.74, 6) is -0.0158. The van der Waals surface area contributed by atoms with E-state index in [4.69, 9.17) is 0 Å². The lowest BCUT2D eigenvalue weighted by atomic mass is 10.3. The number of nitrogens with zero attached hydrogens (tertiary/aromatic N) is 3. The van der Waals surface area contributed by atoms with Gasteiger partial charge in [-0.15, -0.1) is 11.3 Å². The van der Waals surface area contributed by atoms with Crippen molar-refractivity contribution in [1.82, 2.24) is 14.8 Å². The molecule has 0 unspecified atom stereocenters. The summed E-state index contributed by atoms with van der Waals surface area (Å²) in [5.41, 5.74) is 2.42. The van der Waals surface area contributed by atoms with Gasteiger partial charge in [0.05, 0.1) is 11.9 Å². The maximum Gasteiger partial charge on any atom is 0.178 e. The van der Waals surface area contributed by atoms with E-state index < -0.39 is 0 Å². The Morgan fingerprint density at radius 1 is 1.26 bits per heavy atom. The Morgan fingerprint density at radius 3 is 2.74 bits per heavy atom. The third kappa shape index (κ3) is 2.32. The molecule has 0 fully saturated rings. The molecule has 2 heterocycles. The van der Waals surface area contributed by atoms with Crippen LogP contribution in [0.3, 0.4) is 0 Å². The molecule has 3 aromatic rings. The molecule has 0 aliphatic rings. The number of hydrogen-bond donors (Lipinski definition) is 0. The van der Waals surface area contributed by atoms with Crippen LogP contribution in [0.5, 0.6) is 0 Å². The van der Waals surface area contributed by atoms with E-state index in [-0.39, 0.29) is 5.78 Å². The molecule has 0 saturated heterocycles. The molecule has 1 aromatic carbocycles. The normalized spacial score (nSPS) is 10.6. The minimum atomic E-state index is -0.0158. The van der Waals surface area contributed by atoms with Crippen LogP contribution in [0.15, 0.2) is 48.1 Å². The lowest BCUT2D eigenvalue weighted by molar-refractivity contribution is 0.101. The monoisotopic (exact) mass is 269 g/mol. The number of hydrogen-bond acceptors (Lipinski definition) is 4. The highest BCUT2D eigenvalue weighted by Crippen LogP contribution is 2.24. The largest absolute Gasteiger partial charge is 0.293 e. The quantitative estimate of drug-likeness (QED) is 0.686. The first-order chi connectivity index (χ1) is 9.24. The molecule has 19 heavy (non-hydrogen) atoms. The third-order valence-electron chi connectivity index (χ3n) is 2.72. The Kier molecular flexibility index (Phi) is 2.97. The highest BCUT2D eigenvalue weighted by atomic mass is 32.1. The van der Waals surface area contributed by atoms with Crippen LogP contribution in [0.4, 0.5) is 0 Å². The standard InChI is InChI=1S/C14H11N3OS/c1-10(18)13-9-19-14(16-13)11-7-15-17(8-11)12-5-3-2-4-6-12/h2-9H,1H3. The first-order valence-electron chi connectivity index (χ1n) is 5.81. The van der Waals surface area contributed by atoms with Crippen LogP contribution in [0, 0.1) is 0 Å². The van der Waals surface area contributed by atoms with Crippen LogP contribution in [-0.2, 0) is 0 Å². The third-order valence-corrected chi connectivity index (χ3v) is 3.61. The van der Waals surface area contributed by atoms with Gasteiger partial charge in [-0.3, -0.25) is 4.79 Å². The van der Waals surface area contributed by atoms with Crippen molar-refractivity contribution in [3.05, 3.63) is 53.8 Å². The second-order valence-electron chi connectivity index (χ2n) is 4.10. The maximum atomic E-state index is 11.2. The average molecular weight is 269 g/mol. The summed E-state index contributed by atoms with van der Waals surface area (Å²) >= 11 is 1.45. The predicted molar refractivity (Wildman–Crippen MR) is 74.7 cm³/mol. The summed E-state index contributed by atoms with van der Waals surface area (Å²) < 4.78 is 1.80. The van der Waals surface area contributed by atoms with Crippen LogP contribution >= 0.6 is 11.3 Å². The van der Waals surface area contributed by atoms with E-state index in [1.165, 1.54) is 18.3 Å². The molecule has 0 N–H and O–H groups in total. The molecule has 3 rings (SSSR count). The first kappa shape index (κ1) is 11.8. The van der Waals surface area contributed by atoms with E-state index in [0.29, 0.717) is 5.69 Å². The van der Waals surface area contributed by atoms with E-state index >= 15 is 0 Å². The van der Waals surface area contributed by atoms with Gasteiger partial charge in [-0.2, -0.15) is 5.10 Å². The minimum absolute atomic E-state index is 0.0158. The van der Waals surface area contributed by atoms with Crippen LogP contribution in [-0.4, -0.2) is 20.5 Å². The fraction of sp³-hybridized carbons (Fsp3) is 0.0714. The van der Waals surface area contributed by atoms with Crippen molar-refractivity contribution in [3.8, 4) is 16.3 Å². The van der Waals surface area contributed by atoms with E-state index in [9.17, 15) is 4.79 Å². The number of Topliss-reactive ketones (excluding diaryl/α,β-unsaturated/α-hetero) is 1. The Bertz CT molecular complexity index is 715. The second-order valence-corrected chi connectivity index (χ2v) is 4.96. The van der Waals surface area contributed by atoms with Gasteiger partial charge in [0.2, 0.25) is 0 Å². The molecule has 94 valence electrons. The van der Waals surface area contributed by atoms with Gasteiger partial charge >= 0.3 is 0 Å². The van der Waals surface area contributed by atoms with Crippen LogP contribution in [0.1, 0.15) is 17.4 Å². The molecule has 0 aliphatic carbocycles. The Labute approximate surface area is 114 Å². The van der Waals surface area contributed by atoms with Crippen molar-refractivity contribution in [2.45, 2.75) is 6.92 Å². The van der Waals surface area contributed by atoms with Crippen molar-refractivity contribution in [2.75, 3.05) is 0 Å². The molecule has 0 amide bonds. The Hall–Kier alpha value is -2.27. The molecule has 0 bridgehead atoms. The summed E-state index contributed by atoms with van der Waals surface area (Å²) in [4.78, 5) is 15.5. The summed E-state index contributed by atoms with van der Waals surface area (Å²) in [6.07, 6.45) is 3.67. The van der Waals surface area contributed by atoms with E-state index in [0.717, 1.165) is 16.3 Å². The van der Waals surface area contributed by atoms with Crippen LogP contribution in [0.2, 0.25) is 0 Å². The van der Waals surface area contributed by atoms with E-state index in [1.54, 1.807) is 16.3 Å². The van der Waals surface area contributed by atoms with Crippen molar-refractivity contribution in [3.63, 3.8) is 0 Å². The van der Waals surface area contributed by atoms with Gasteiger partial charge < -0.3 is 0 Å². The molecular weight excluding hydrogens is 258 g/mol. The van der Waals surface area contributed by atoms with Crippen LogP contribution < -0.4 is 0 Å². The molecule has 0 saturated carbocycles. The van der Waals surface area contributed by atoms with Gasteiger partial charge in [-0.05, 0) is 12.1 Å². The molecular formula is C14H11N3OS. The zero-order valence-electron chi connectivity index (χ0n) is 10.3. The average Bonchev–Trinajstić information content (AvgIpc) is 3.09. The fourth-order valence-electron chi connectivity index (χ4n) is 1.72. The summed E-state index contributed by atoms with van der Waals surface area (Å²) in [5, 5.41) is 6.90. The molecule has 0 atom stereocenters. The van der Waals surface area contributed by atoms with Gasteiger partial charge in [0, 0.05) is 24.1 Å². The number of aromatic nitrogens is 3. The van der Waals surface area contributed by atoms with Crippen molar-refractivity contribution in [1.29, 1.82) is 0 Å². The van der Waals surface area contributed by atoms with Crippen LogP contribution in [0.25, 0.3) is 16.3 Å². The topological polar surface area (TPSA) is 47.8 Å². The van der Waals surface area contributed by atoms with Gasteiger partial charge in [-0.1, -0.05) is 18.2 Å². The van der Waals surface area contributed by atoms with Crippen molar-refractivity contribution < 1.29 is 4.79 Å². The summed E-state index contributed by atoms with van der Waals surface area (Å²) in [7, 11) is 0. The molecule has 5 heteroatoms. The zero-order chi connectivity index (χ0) is 13.2. The first-order valence-corrected chi connectivity index (χ1v) is 6.69. The lowest BCUT2D eigenvalue weighted by Crippen LogP contribution is -1.92. The van der Waals surface area contributed by atoms with Gasteiger partial charge in [-0.25, -0.2) is 9.67 Å². The number of benzene rings is 1. The lowest BCUT2D eigenvalue weighted by Gasteiger charge is -1.98. The summed E-state index contributed by atoms with van der Waals surface area (Å²) in [6.45, 7) is 1.52. The van der Waals surface area contributed by atoms with Gasteiger partial charge in [0.1, 0.15) is 10.7 Å². The molecule has 0 radical (unpaired) electrons. The number of ketones is 1. The molecule has 4 nitrogen and oxygen atoms in total. The SMILES string of the molecule is CC(=O)c1csc(-c2cnn(-c3ccccc3)c2)n1. The second kappa shape index (κ2) is 4.78. The number of para-hydroxylation sites is 1. The van der Waals surface area contributed by atoms with Gasteiger partial charge in [0.25, 0.3) is 0 Å². The smallest absolute Gasteiger partial charge is 0.178 e. The minimum Gasteiger partial charge on any atom is -0.293 e. The molecule has 2 aromatic heterocycles. The maximum absolute atomic E-state index is 11.2. The Morgan fingerprint density at radius 2 is 2.05 bits per heavy atom. The Balaban J connectivity index is 1.94. The van der Waals surface area contributed by atoms with E-state index in [1.807, 2.05) is 36.5 Å². The van der Waals surface area contributed by atoms with Crippen molar-refractivity contribution in [2.24, 2.45) is 0 Å². The number of carbonyl (C=O) groups is 1. The fourth-order valence-corrected chi connectivity index (χ4v) is 2.56. The van der Waals surface area contributed by atoms with Crippen molar-refractivity contribution >= 4 is 17.1 Å². The number of thiazole rings is 1. The number of carbonyl (C=O) groups excluding carboxylic acids is 1. The van der Waals surface area contributed by atoms with Gasteiger partial charge in [0.15, 0.2) is 5.78 Å². The number of rotatable bonds is 3. The predicted octanol–water partition coefficient (Wildman–Crippen LogP) is 3.20. The molecule has 0 aliphatic heterocycles. The highest BCUT2D eigenvalue weighted by Gasteiger charge is 2.10. The summed E-state index contributed by atoms with van der Waals surface area (Å²) in [6, 6.07) is 9.87.